The summed E-state index contributed by atoms with van der Waals surface area (Å²) in [5.74, 6) is 0.744. The predicted octanol–water partition coefficient (Wildman–Crippen LogP) is 2.97. The highest BCUT2D eigenvalue weighted by Crippen LogP contribution is 2.45. The second kappa shape index (κ2) is 3.02. The number of hydrogen-bond donors (Lipinski definition) is 1. The lowest BCUT2D eigenvalue weighted by atomic mass is 9.65. The van der Waals surface area contributed by atoms with E-state index in [9.17, 15) is 5.11 Å². The lowest BCUT2D eigenvalue weighted by molar-refractivity contribution is -0.0276. The lowest BCUT2D eigenvalue weighted by Gasteiger charge is -2.43. The molecule has 1 aliphatic rings. The van der Waals surface area contributed by atoms with Crippen molar-refractivity contribution in [1.29, 1.82) is 0 Å². The van der Waals surface area contributed by atoms with Crippen LogP contribution in [0.1, 0.15) is 53.4 Å². The van der Waals surface area contributed by atoms with Gasteiger partial charge in [-0.1, -0.05) is 20.8 Å². The monoisotopic (exact) mass is 170 g/mol. The van der Waals surface area contributed by atoms with Gasteiger partial charge in [0.25, 0.3) is 0 Å². The summed E-state index contributed by atoms with van der Waals surface area (Å²) in [5.41, 5.74) is 0.0939. The third-order valence-corrected chi connectivity index (χ3v) is 3.86. The first-order chi connectivity index (χ1) is 5.36. The fraction of sp³-hybridized carbons (Fsp3) is 1.00. The van der Waals surface area contributed by atoms with Gasteiger partial charge in [0.2, 0.25) is 0 Å². The van der Waals surface area contributed by atoms with Crippen molar-refractivity contribution in [3.8, 4) is 0 Å². The van der Waals surface area contributed by atoms with Gasteiger partial charge in [-0.05, 0) is 43.9 Å². The fourth-order valence-corrected chi connectivity index (χ4v) is 1.94. The van der Waals surface area contributed by atoms with E-state index in [4.69, 9.17) is 0 Å². The summed E-state index contributed by atoms with van der Waals surface area (Å²) in [6.07, 6.45) is 4.30. The van der Waals surface area contributed by atoms with E-state index in [-0.39, 0.29) is 5.60 Å². The number of rotatable bonds is 1. The Hall–Kier alpha value is -0.0400. The summed E-state index contributed by atoms with van der Waals surface area (Å²) in [7, 11) is 0. The second-order valence-electron chi connectivity index (χ2n) is 5.31. The molecule has 0 radical (unpaired) electrons. The van der Waals surface area contributed by atoms with Crippen LogP contribution in [0.4, 0.5) is 0 Å². The van der Waals surface area contributed by atoms with Gasteiger partial charge in [0.15, 0.2) is 0 Å². The van der Waals surface area contributed by atoms with Crippen LogP contribution < -0.4 is 0 Å². The molecule has 1 aliphatic carbocycles. The van der Waals surface area contributed by atoms with E-state index >= 15 is 0 Å². The van der Waals surface area contributed by atoms with Crippen LogP contribution in [-0.2, 0) is 0 Å². The molecule has 0 saturated heterocycles. The molecule has 0 aromatic carbocycles. The molecule has 0 heterocycles. The van der Waals surface area contributed by atoms with Crippen molar-refractivity contribution in [2.45, 2.75) is 59.0 Å². The summed E-state index contributed by atoms with van der Waals surface area (Å²) in [5, 5.41) is 9.79. The van der Waals surface area contributed by atoms with Crippen molar-refractivity contribution in [3.63, 3.8) is 0 Å². The Morgan fingerprint density at radius 1 is 1.00 bits per heavy atom. The molecule has 0 atom stereocenters. The molecule has 1 saturated carbocycles. The van der Waals surface area contributed by atoms with Crippen LogP contribution in [0.5, 0.6) is 0 Å². The minimum absolute atomic E-state index is 0.381. The Morgan fingerprint density at radius 2 is 1.42 bits per heavy atom. The van der Waals surface area contributed by atoms with Crippen LogP contribution in [0.15, 0.2) is 0 Å². The molecule has 0 aliphatic heterocycles. The van der Waals surface area contributed by atoms with Gasteiger partial charge in [-0.15, -0.1) is 0 Å². The molecule has 1 fully saturated rings. The van der Waals surface area contributed by atoms with Gasteiger partial charge in [-0.3, -0.25) is 0 Å². The van der Waals surface area contributed by atoms with Gasteiger partial charge in [-0.2, -0.15) is 0 Å². The van der Waals surface area contributed by atoms with Crippen molar-refractivity contribution in [2.24, 2.45) is 11.3 Å². The maximum absolute atomic E-state index is 9.79. The average Bonchev–Trinajstić information content (AvgIpc) is 1.96. The van der Waals surface area contributed by atoms with Gasteiger partial charge >= 0.3 is 0 Å². The van der Waals surface area contributed by atoms with E-state index in [1.165, 1.54) is 12.8 Å². The zero-order valence-corrected chi connectivity index (χ0v) is 8.85. The van der Waals surface area contributed by atoms with Gasteiger partial charge in [0.05, 0.1) is 5.60 Å². The minimum Gasteiger partial charge on any atom is -0.390 e. The van der Waals surface area contributed by atoms with E-state index in [2.05, 4.69) is 20.8 Å². The van der Waals surface area contributed by atoms with Gasteiger partial charge in [0, 0.05) is 0 Å². The Bertz CT molecular complexity index is 148. The van der Waals surface area contributed by atoms with E-state index in [0.29, 0.717) is 5.41 Å². The molecule has 1 nitrogen and oxygen atoms in total. The molecule has 0 spiro atoms. The lowest BCUT2D eigenvalue weighted by Crippen LogP contribution is -2.37. The smallest absolute Gasteiger partial charge is 0.0620 e. The Morgan fingerprint density at radius 3 is 1.75 bits per heavy atom. The molecular weight excluding hydrogens is 148 g/mol. The quantitative estimate of drug-likeness (QED) is 0.641. The number of aliphatic hydroxyl groups is 1. The molecule has 1 heteroatoms. The molecule has 0 amide bonds. The van der Waals surface area contributed by atoms with Crippen LogP contribution in [0.25, 0.3) is 0 Å². The first-order valence-corrected chi connectivity index (χ1v) is 5.08. The highest BCUT2D eigenvalue weighted by Gasteiger charge is 2.37. The van der Waals surface area contributed by atoms with Crippen LogP contribution in [-0.4, -0.2) is 10.7 Å². The van der Waals surface area contributed by atoms with Gasteiger partial charge < -0.3 is 5.11 Å². The fourth-order valence-electron chi connectivity index (χ4n) is 1.94. The van der Waals surface area contributed by atoms with Crippen LogP contribution in [0.3, 0.4) is 0 Å². The molecule has 0 unspecified atom stereocenters. The molecule has 72 valence electrons. The average molecular weight is 170 g/mol. The predicted molar refractivity (Wildman–Crippen MR) is 52.0 cm³/mol. The molecular formula is C11H22O. The van der Waals surface area contributed by atoms with Gasteiger partial charge in [-0.25, -0.2) is 0 Å². The maximum Gasteiger partial charge on any atom is 0.0620 e. The van der Waals surface area contributed by atoms with E-state index in [1.54, 1.807) is 0 Å². The van der Waals surface area contributed by atoms with Crippen molar-refractivity contribution in [1.82, 2.24) is 0 Å². The third kappa shape index (κ3) is 2.01. The van der Waals surface area contributed by atoms with Crippen molar-refractivity contribution >= 4 is 0 Å². The normalized spacial score (nSPS) is 43.5. The molecule has 12 heavy (non-hydrogen) atoms. The Labute approximate surface area is 76.2 Å². The zero-order valence-electron chi connectivity index (χ0n) is 8.85. The summed E-state index contributed by atoms with van der Waals surface area (Å²) in [6, 6.07) is 0. The number of hydrogen-bond acceptors (Lipinski definition) is 1. The third-order valence-electron chi connectivity index (χ3n) is 3.86. The summed E-state index contributed by atoms with van der Waals surface area (Å²) < 4.78 is 0. The van der Waals surface area contributed by atoms with Crippen molar-refractivity contribution in [2.75, 3.05) is 0 Å². The molecule has 1 N–H and O–H groups in total. The first kappa shape index (κ1) is 10.0. The SMILES string of the molecule is CC(C)C1(C)CCC(C)(O)CC1. The molecule has 1 rings (SSSR count). The van der Waals surface area contributed by atoms with E-state index < -0.39 is 0 Å². The second-order valence-corrected chi connectivity index (χ2v) is 5.31. The standard InChI is InChI=1S/C11H22O/c1-9(2)10(3)5-7-11(4,12)8-6-10/h9,12H,5-8H2,1-4H3. The highest BCUT2D eigenvalue weighted by molar-refractivity contribution is 4.89. The van der Waals surface area contributed by atoms with Crippen molar-refractivity contribution in [3.05, 3.63) is 0 Å². The van der Waals surface area contributed by atoms with Crippen LogP contribution in [0.2, 0.25) is 0 Å². The Kier molecular flexibility index (Phi) is 2.53. The molecule has 0 aromatic heterocycles. The minimum atomic E-state index is -0.381. The highest BCUT2D eigenvalue weighted by atomic mass is 16.3. The van der Waals surface area contributed by atoms with E-state index in [0.717, 1.165) is 18.8 Å². The van der Waals surface area contributed by atoms with Crippen LogP contribution in [0, 0.1) is 11.3 Å². The molecule has 0 aromatic rings. The molecule has 0 bridgehead atoms. The summed E-state index contributed by atoms with van der Waals surface area (Å²) in [4.78, 5) is 0. The topological polar surface area (TPSA) is 20.2 Å². The van der Waals surface area contributed by atoms with Crippen LogP contribution >= 0.6 is 0 Å². The summed E-state index contributed by atoms with van der Waals surface area (Å²) >= 11 is 0. The van der Waals surface area contributed by atoms with E-state index in [1.807, 2.05) is 6.92 Å². The largest absolute Gasteiger partial charge is 0.390 e. The zero-order chi connectivity index (χ0) is 9.41. The Balaban J connectivity index is 2.55. The van der Waals surface area contributed by atoms with Crippen molar-refractivity contribution < 1.29 is 5.11 Å². The first-order valence-electron chi connectivity index (χ1n) is 5.08. The van der Waals surface area contributed by atoms with Gasteiger partial charge in [0.1, 0.15) is 0 Å². The summed E-state index contributed by atoms with van der Waals surface area (Å²) in [6.45, 7) is 8.90. The maximum atomic E-state index is 9.79.